The van der Waals surface area contributed by atoms with Gasteiger partial charge in [0.05, 0.1) is 11.3 Å². The SMILES string of the molecule is CN1CCN(CCS(=O)(=O)N2CCc3ccc(O)c(C=O)c3C2)CC1. The Bertz CT molecular complexity index is 743. The number of fused-ring (bicyclic) bond motifs is 1. The second kappa shape index (κ2) is 7.41. The van der Waals surface area contributed by atoms with Gasteiger partial charge in [-0.1, -0.05) is 6.07 Å². The van der Waals surface area contributed by atoms with Crippen molar-refractivity contribution in [1.29, 1.82) is 0 Å². The van der Waals surface area contributed by atoms with Gasteiger partial charge in [0.15, 0.2) is 6.29 Å². The summed E-state index contributed by atoms with van der Waals surface area (Å²) in [5.74, 6) is -0.00758. The number of carbonyl (C=O) groups is 1. The molecule has 0 bridgehead atoms. The number of aromatic hydroxyl groups is 1. The highest BCUT2D eigenvalue weighted by molar-refractivity contribution is 7.89. The van der Waals surface area contributed by atoms with Crippen LogP contribution in [0.4, 0.5) is 0 Å². The van der Waals surface area contributed by atoms with E-state index >= 15 is 0 Å². The number of nitrogens with zero attached hydrogens (tertiary/aromatic N) is 3. The van der Waals surface area contributed by atoms with E-state index in [9.17, 15) is 18.3 Å². The number of hydrogen-bond donors (Lipinski definition) is 1. The van der Waals surface area contributed by atoms with Crippen molar-refractivity contribution in [3.05, 3.63) is 28.8 Å². The third kappa shape index (κ3) is 4.03. The fraction of sp³-hybridized carbons (Fsp3) is 0.588. The fourth-order valence-corrected chi connectivity index (χ4v) is 4.88. The van der Waals surface area contributed by atoms with Crippen molar-refractivity contribution in [2.45, 2.75) is 13.0 Å². The lowest BCUT2D eigenvalue weighted by atomic mass is 9.96. The molecule has 1 fully saturated rings. The highest BCUT2D eigenvalue weighted by atomic mass is 32.2. The summed E-state index contributed by atoms with van der Waals surface area (Å²) in [6, 6.07) is 3.27. The van der Waals surface area contributed by atoms with Gasteiger partial charge in [0.25, 0.3) is 0 Å². The molecule has 3 rings (SSSR count). The molecular formula is C17H25N3O4S. The van der Waals surface area contributed by atoms with E-state index in [1.807, 2.05) is 0 Å². The second-order valence-corrected chi connectivity index (χ2v) is 8.89. The maximum Gasteiger partial charge on any atom is 0.215 e. The zero-order valence-corrected chi connectivity index (χ0v) is 15.3. The minimum Gasteiger partial charge on any atom is -0.507 e. The molecule has 25 heavy (non-hydrogen) atoms. The van der Waals surface area contributed by atoms with Crippen LogP contribution in [-0.2, 0) is 23.0 Å². The standard InChI is InChI=1S/C17H25N3O4S/c1-18-6-8-19(9-7-18)10-11-25(23,24)20-5-4-14-2-3-17(22)16(13-21)15(14)12-20/h2-3,13,22H,4-12H2,1H3. The molecule has 0 saturated carbocycles. The molecule has 0 atom stereocenters. The quantitative estimate of drug-likeness (QED) is 0.746. The van der Waals surface area contributed by atoms with E-state index in [0.29, 0.717) is 31.4 Å². The number of hydrogen-bond acceptors (Lipinski definition) is 6. The van der Waals surface area contributed by atoms with Crippen LogP contribution in [0.1, 0.15) is 21.5 Å². The normalized spacial score (nSPS) is 20.4. The summed E-state index contributed by atoms with van der Waals surface area (Å²) in [6.45, 7) is 4.79. The zero-order chi connectivity index (χ0) is 18.0. The Morgan fingerprint density at radius 1 is 1.16 bits per heavy atom. The minimum atomic E-state index is -3.40. The van der Waals surface area contributed by atoms with Crippen LogP contribution in [0.5, 0.6) is 5.75 Å². The number of sulfonamides is 1. The molecule has 138 valence electrons. The first-order valence-corrected chi connectivity index (χ1v) is 10.2. The number of phenolic OH excluding ortho intramolecular Hbond substituents is 1. The molecule has 2 heterocycles. The van der Waals surface area contributed by atoms with Gasteiger partial charge < -0.3 is 10.0 Å². The second-order valence-electron chi connectivity index (χ2n) is 6.80. The third-order valence-electron chi connectivity index (χ3n) is 5.17. The van der Waals surface area contributed by atoms with Gasteiger partial charge in [-0.05, 0) is 30.7 Å². The first-order valence-electron chi connectivity index (χ1n) is 8.58. The van der Waals surface area contributed by atoms with Crippen LogP contribution in [0.15, 0.2) is 12.1 Å². The Hall–Kier alpha value is -1.48. The molecule has 7 nitrogen and oxygen atoms in total. The molecule has 0 spiro atoms. The smallest absolute Gasteiger partial charge is 0.215 e. The third-order valence-corrected chi connectivity index (χ3v) is 6.97. The summed E-state index contributed by atoms with van der Waals surface area (Å²) in [4.78, 5) is 15.7. The molecule has 0 aromatic heterocycles. The highest BCUT2D eigenvalue weighted by Crippen LogP contribution is 2.29. The molecule has 8 heteroatoms. The molecule has 1 saturated heterocycles. The highest BCUT2D eigenvalue weighted by Gasteiger charge is 2.29. The summed E-state index contributed by atoms with van der Waals surface area (Å²) in [5.41, 5.74) is 1.77. The average Bonchev–Trinajstić information content (AvgIpc) is 2.60. The molecule has 0 unspecified atom stereocenters. The van der Waals surface area contributed by atoms with E-state index in [2.05, 4.69) is 16.8 Å². The van der Waals surface area contributed by atoms with Crippen LogP contribution in [0.25, 0.3) is 0 Å². The lowest BCUT2D eigenvalue weighted by Gasteiger charge is -2.33. The Kier molecular flexibility index (Phi) is 5.43. The van der Waals surface area contributed by atoms with Crippen LogP contribution in [0.3, 0.4) is 0 Å². The molecule has 0 amide bonds. The minimum absolute atomic E-state index is 0.0846. The molecule has 1 N–H and O–H groups in total. The molecule has 0 aliphatic carbocycles. The topological polar surface area (TPSA) is 81.2 Å². The number of rotatable bonds is 5. The van der Waals surface area contributed by atoms with Crippen molar-refractivity contribution in [3.8, 4) is 5.75 Å². The van der Waals surface area contributed by atoms with E-state index in [1.165, 1.54) is 10.4 Å². The molecule has 1 aromatic carbocycles. The van der Waals surface area contributed by atoms with E-state index in [4.69, 9.17) is 0 Å². The monoisotopic (exact) mass is 367 g/mol. The Balaban J connectivity index is 1.68. The summed E-state index contributed by atoms with van der Waals surface area (Å²) >= 11 is 0. The van der Waals surface area contributed by atoms with Gasteiger partial charge in [0.2, 0.25) is 10.0 Å². The number of carbonyl (C=O) groups excluding carboxylic acids is 1. The number of phenols is 1. The summed E-state index contributed by atoms with van der Waals surface area (Å²) < 4.78 is 26.9. The summed E-state index contributed by atoms with van der Waals surface area (Å²) in [7, 11) is -1.33. The number of benzene rings is 1. The van der Waals surface area contributed by atoms with E-state index in [0.717, 1.165) is 31.7 Å². The fourth-order valence-electron chi connectivity index (χ4n) is 3.43. The van der Waals surface area contributed by atoms with Crippen LogP contribution in [-0.4, -0.2) is 86.0 Å². The first kappa shape index (κ1) is 18.3. The van der Waals surface area contributed by atoms with Gasteiger partial charge >= 0.3 is 0 Å². The largest absolute Gasteiger partial charge is 0.507 e. The molecule has 1 aromatic rings. The van der Waals surface area contributed by atoms with Gasteiger partial charge in [0.1, 0.15) is 5.75 Å². The van der Waals surface area contributed by atoms with Crippen molar-refractivity contribution in [1.82, 2.24) is 14.1 Å². The number of aldehydes is 1. The average molecular weight is 367 g/mol. The Labute approximate surface area is 148 Å². The maximum absolute atomic E-state index is 12.7. The van der Waals surface area contributed by atoms with Crippen molar-refractivity contribution in [3.63, 3.8) is 0 Å². The molecule has 2 aliphatic heterocycles. The van der Waals surface area contributed by atoms with E-state index in [-0.39, 0.29) is 23.6 Å². The maximum atomic E-state index is 12.7. The molecule has 2 aliphatic rings. The van der Waals surface area contributed by atoms with Gasteiger partial charge in [0, 0.05) is 45.8 Å². The Morgan fingerprint density at radius 3 is 2.56 bits per heavy atom. The van der Waals surface area contributed by atoms with E-state index in [1.54, 1.807) is 6.07 Å². The number of likely N-dealkylation sites (N-methyl/N-ethyl adjacent to an activating group) is 1. The lowest BCUT2D eigenvalue weighted by molar-refractivity contribution is 0.111. The van der Waals surface area contributed by atoms with Crippen LogP contribution >= 0.6 is 0 Å². The zero-order valence-electron chi connectivity index (χ0n) is 14.5. The number of piperazine rings is 1. The van der Waals surface area contributed by atoms with Gasteiger partial charge in [-0.2, -0.15) is 4.31 Å². The van der Waals surface area contributed by atoms with Gasteiger partial charge in [-0.3, -0.25) is 9.69 Å². The van der Waals surface area contributed by atoms with Crippen molar-refractivity contribution in [2.75, 3.05) is 52.1 Å². The van der Waals surface area contributed by atoms with Crippen LogP contribution < -0.4 is 0 Å². The Morgan fingerprint density at radius 2 is 1.88 bits per heavy atom. The predicted octanol–water partition coefficient (Wildman–Crippen LogP) is 0.140. The molecule has 0 radical (unpaired) electrons. The summed E-state index contributed by atoms with van der Waals surface area (Å²) in [5, 5.41) is 9.84. The van der Waals surface area contributed by atoms with Crippen LogP contribution in [0.2, 0.25) is 0 Å². The molecular weight excluding hydrogens is 342 g/mol. The van der Waals surface area contributed by atoms with Crippen LogP contribution in [0, 0.1) is 0 Å². The van der Waals surface area contributed by atoms with E-state index < -0.39 is 10.0 Å². The predicted molar refractivity (Wildman–Crippen MR) is 95.3 cm³/mol. The lowest BCUT2D eigenvalue weighted by Crippen LogP contribution is -2.47. The first-order chi connectivity index (χ1) is 11.9. The summed E-state index contributed by atoms with van der Waals surface area (Å²) in [6.07, 6.45) is 1.17. The van der Waals surface area contributed by atoms with Gasteiger partial charge in [-0.25, -0.2) is 8.42 Å². The van der Waals surface area contributed by atoms with Gasteiger partial charge in [-0.15, -0.1) is 0 Å². The van der Waals surface area contributed by atoms with Crippen molar-refractivity contribution in [2.24, 2.45) is 0 Å². The van der Waals surface area contributed by atoms with Crippen molar-refractivity contribution < 1.29 is 18.3 Å². The van der Waals surface area contributed by atoms with Crippen molar-refractivity contribution >= 4 is 16.3 Å².